The van der Waals surface area contributed by atoms with Gasteiger partial charge >= 0.3 is 0 Å². The van der Waals surface area contributed by atoms with Crippen molar-refractivity contribution in [2.75, 3.05) is 11.3 Å². The predicted molar refractivity (Wildman–Crippen MR) is 81.1 cm³/mol. The summed E-state index contributed by atoms with van der Waals surface area (Å²) in [5, 5.41) is 0. The Bertz CT molecular complexity index is 708. The van der Waals surface area contributed by atoms with Gasteiger partial charge in [-0.25, -0.2) is 12.8 Å². The molecule has 0 unspecified atom stereocenters. The number of anilines is 1. The van der Waals surface area contributed by atoms with Crippen LogP contribution in [0.2, 0.25) is 0 Å². The Kier molecular flexibility index (Phi) is 4.59. The van der Waals surface area contributed by atoms with E-state index in [2.05, 4.69) is 4.72 Å². The zero-order chi connectivity index (χ0) is 15.5. The van der Waals surface area contributed by atoms with Crippen LogP contribution in [-0.4, -0.2) is 15.0 Å². The SMILES string of the molecule is Cc1cccc(F)c1NS(=O)(=O)c1ccc(CCN)cc1. The summed E-state index contributed by atoms with van der Waals surface area (Å²) in [4.78, 5) is 0.0888. The molecule has 6 heteroatoms. The minimum atomic E-state index is -3.81. The van der Waals surface area contributed by atoms with E-state index in [9.17, 15) is 12.8 Å². The van der Waals surface area contributed by atoms with Gasteiger partial charge in [-0.1, -0.05) is 24.3 Å². The monoisotopic (exact) mass is 308 g/mol. The minimum absolute atomic E-state index is 0.0245. The molecule has 0 saturated heterocycles. The standard InChI is InChI=1S/C15H17FN2O2S/c1-11-3-2-4-14(16)15(11)18-21(19,20)13-7-5-12(6-8-13)9-10-17/h2-8,18H,9-10,17H2,1H3. The van der Waals surface area contributed by atoms with Crippen LogP contribution in [0.1, 0.15) is 11.1 Å². The Morgan fingerprint density at radius 3 is 2.38 bits per heavy atom. The third-order valence-electron chi connectivity index (χ3n) is 3.13. The average Bonchev–Trinajstić information content (AvgIpc) is 2.44. The Hall–Kier alpha value is -1.92. The van der Waals surface area contributed by atoms with Gasteiger partial charge in [0.2, 0.25) is 0 Å². The number of nitrogens with two attached hydrogens (primary N) is 1. The second-order valence-corrected chi connectivity index (χ2v) is 6.40. The first kappa shape index (κ1) is 15.5. The van der Waals surface area contributed by atoms with Crippen molar-refractivity contribution < 1.29 is 12.8 Å². The van der Waals surface area contributed by atoms with Gasteiger partial charge < -0.3 is 5.73 Å². The molecule has 0 aliphatic rings. The zero-order valence-electron chi connectivity index (χ0n) is 11.6. The van der Waals surface area contributed by atoms with Crippen LogP contribution in [0.5, 0.6) is 0 Å². The molecule has 0 radical (unpaired) electrons. The summed E-state index contributed by atoms with van der Waals surface area (Å²) in [6.07, 6.45) is 0.681. The highest BCUT2D eigenvalue weighted by molar-refractivity contribution is 7.92. The van der Waals surface area contributed by atoms with Gasteiger partial charge in [0.05, 0.1) is 10.6 Å². The van der Waals surface area contributed by atoms with Crippen LogP contribution in [0.4, 0.5) is 10.1 Å². The van der Waals surface area contributed by atoms with Crippen LogP contribution in [0.3, 0.4) is 0 Å². The maximum atomic E-state index is 13.7. The van der Waals surface area contributed by atoms with Crippen molar-refractivity contribution in [2.45, 2.75) is 18.2 Å². The molecule has 2 rings (SSSR count). The zero-order valence-corrected chi connectivity index (χ0v) is 12.5. The molecule has 0 fully saturated rings. The second kappa shape index (κ2) is 6.24. The third kappa shape index (κ3) is 3.59. The van der Waals surface area contributed by atoms with Crippen LogP contribution in [0.15, 0.2) is 47.4 Å². The Balaban J connectivity index is 2.30. The Morgan fingerprint density at radius 1 is 1.14 bits per heavy atom. The largest absolute Gasteiger partial charge is 0.330 e. The average molecular weight is 308 g/mol. The summed E-state index contributed by atoms with van der Waals surface area (Å²) >= 11 is 0. The van der Waals surface area contributed by atoms with Crippen molar-refractivity contribution in [1.29, 1.82) is 0 Å². The first-order valence-electron chi connectivity index (χ1n) is 6.51. The van der Waals surface area contributed by atoms with E-state index in [0.29, 0.717) is 18.5 Å². The summed E-state index contributed by atoms with van der Waals surface area (Å²) in [6.45, 7) is 2.14. The predicted octanol–water partition coefficient (Wildman–Crippen LogP) is 2.44. The Labute approximate surface area is 123 Å². The van der Waals surface area contributed by atoms with E-state index in [1.165, 1.54) is 24.3 Å². The number of sulfonamides is 1. The molecular weight excluding hydrogens is 291 g/mol. The maximum absolute atomic E-state index is 13.7. The first-order chi connectivity index (χ1) is 9.94. The van der Waals surface area contributed by atoms with Gasteiger partial charge in [0, 0.05) is 0 Å². The molecule has 0 aliphatic heterocycles. The van der Waals surface area contributed by atoms with Crippen molar-refractivity contribution in [3.8, 4) is 0 Å². The van der Waals surface area contributed by atoms with Gasteiger partial charge in [-0.05, 0) is 49.2 Å². The molecule has 0 aliphatic carbocycles. The lowest BCUT2D eigenvalue weighted by Crippen LogP contribution is -2.15. The molecular formula is C15H17FN2O2S. The Morgan fingerprint density at radius 2 is 1.81 bits per heavy atom. The topological polar surface area (TPSA) is 72.2 Å². The molecule has 4 nitrogen and oxygen atoms in total. The number of hydrogen-bond acceptors (Lipinski definition) is 3. The van der Waals surface area contributed by atoms with Gasteiger partial charge in [-0.15, -0.1) is 0 Å². The molecule has 0 bridgehead atoms. The van der Waals surface area contributed by atoms with Crippen LogP contribution in [-0.2, 0) is 16.4 Å². The summed E-state index contributed by atoms with van der Waals surface area (Å²) in [5.74, 6) is -0.599. The molecule has 0 saturated carbocycles. The van der Waals surface area contributed by atoms with Crippen LogP contribution >= 0.6 is 0 Å². The van der Waals surface area contributed by atoms with Gasteiger partial charge in [0.1, 0.15) is 5.82 Å². The smallest absolute Gasteiger partial charge is 0.261 e. The molecule has 0 atom stereocenters. The van der Waals surface area contributed by atoms with Gasteiger partial charge in [-0.3, -0.25) is 4.72 Å². The van der Waals surface area contributed by atoms with Gasteiger partial charge in [0.25, 0.3) is 10.0 Å². The van der Waals surface area contributed by atoms with Crippen LogP contribution < -0.4 is 10.5 Å². The lowest BCUT2D eigenvalue weighted by atomic mass is 10.2. The van der Waals surface area contributed by atoms with Crippen LogP contribution in [0.25, 0.3) is 0 Å². The first-order valence-corrected chi connectivity index (χ1v) is 7.99. The molecule has 0 aromatic heterocycles. The number of aryl methyl sites for hydroxylation is 1. The highest BCUT2D eigenvalue weighted by Crippen LogP contribution is 2.23. The molecule has 2 aromatic carbocycles. The van der Waals surface area contributed by atoms with E-state index in [-0.39, 0.29) is 10.6 Å². The van der Waals surface area contributed by atoms with Crippen molar-refractivity contribution >= 4 is 15.7 Å². The molecule has 2 aromatic rings. The van der Waals surface area contributed by atoms with Gasteiger partial charge in [-0.2, -0.15) is 0 Å². The van der Waals surface area contributed by atoms with E-state index in [1.807, 2.05) is 0 Å². The lowest BCUT2D eigenvalue weighted by Gasteiger charge is -2.11. The molecule has 112 valence electrons. The number of rotatable bonds is 5. The van der Waals surface area contributed by atoms with Gasteiger partial charge in [0.15, 0.2) is 0 Å². The quantitative estimate of drug-likeness (QED) is 0.891. The van der Waals surface area contributed by atoms with Crippen molar-refractivity contribution in [1.82, 2.24) is 0 Å². The van der Waals surface area contributed by atoms with Crippen LogP contribution in [0, 0.1) is 12.7 Å². The number of para-hydroxylation sites is 1. The fourth-order valence-electron chi connectivity index (χ4n) is 1.96. The van der Waals surface area contributed by atoms with E-state index in [4.69, 9.17) is 5.73 Å². The number of nitrogens with one attached hydrogen (secondary N) is 1. The maximum Gasteiger partial charge on any atom is 0.261 e. The van der Waals surface area contributed by atoms with E-state index >= 15 is 0 Å². The summed E-state index contributed by atoms with van der Waals surface area (Å²) < 4.78 is 40.6. The molecule has 0 heterocycles. The molecule has 3 N–H and O–H groups in total. The number of halogens is 1. The molecule has 0 amide bonds. The van der Waals surface area contributed by atoms with E-state index in [0.717, 1.165) is 5.56 Å². The fraction of sp³-hybridized carbons (Fsp3) is 0.200. The highest BCUT2D eigenvalue weighted by atomic mass is 32.2. The van der Waals surface area contributed by atoms with E-state index < -0.39 is 15.8 Å². The normalized spacial score (nSPS) is 11.4. The minimum Gasteiger partial charge on any atom is -0.330 e. The highest BCUT2D eigenvalue weighted by Gasteiger charge is 2.17. The van der Waals surface area contributed by atoms with Crippen molar-refractivity contribution in [3.63, 3.8) is 0 Å². The number of benzene rings is 2. The number of hydrogen-bond donors (Lipinski definition) is 2. The molecule has 21 heavy (non-hydrogen) atoms. The lowest BCUT2D eigenvalue weighted by molar-refractivity contribution is 0.598. The molecule has 0 spiro atoms. The van der Waals surface area contributed by atoms with Crippen molar-refractivity contribution in [2.24, 2.45) is 5.73 Å². The fourth-order valence-corrected chi connectivity index (χ4v) is 3.10. The summed E-state index contributed by atoms with van der Waals surface area (Å²) in [5.41, 5.74) is 6.91. The second-order valence-electron chi connectivity index (χ2n) is 4.72. The summed E-state index contributed by atoms with van der Waals surface area (Å²) in [7, 11) is -3.81. The summed E-state index contributed by atoms with van der Waals surface area (Å²) in [6, 6.07) is 10.8. The van der Waals surface area contributed by atoms with Crippen molar-refractivity contribution in [3.05, 3.63) is 59.4 Å². The third-order valence-corrected chi connectivity index (χ3v) is 4.49. The van der Waals surface area contributed by atoms with E-state index in [1.54, 1.807) is 25.1 Å².